The quantitative estimate of drug-likeness (QED) is 0.573. The van der Waals surface area contributed by atoms with E-state index in [9.17, 15) is 23.8 Å². The van der Waals surface area contributed by atoms with E-state index in [1.54, 1.807) is 12.1 Å². The summed E-state index contributed by atoms with van der Waals surface area (Å²) in [5, 5.41) is 21.0. The Morgan fingerprint density at radius 3 is 2.21 bits per heavy atom. The molecule has 1 saturated heterocycles. The highest BCUT2D eigenvalue weighted by atomic mass is 32.2. The molecule has 0 aromatic heterocycles. The van der Waals surface area contributed by atoms with Gasteiger partial charge in [-0.15, -0.1) is 0 Å². The van der Waals surface area contributed by atoms with Crippen molar-refractivity contribution in [1.82, 2.24) is 0 Å². The lowest BCUT2D eigenvalue weighted by Gasteiger charge is -2.25. The second kappa shape index (κ2) is 7.86. The smallest absolute Gasteiger partial charge is 0.311 e. The number of nitriles is 1. The summed E-state index contributed by atoms with van der Waals surface area (Å²) in [6.07, 6.45) is 1.70. The maximum atomic E-state index is 12.0. The number of hydrogen-bond acceptors (Lipinski definition) is 7. The Balaban J connectivity index is 1.93. The summed E-state index contributed by atoms with van der Waals surface area (Å²) in [6.45, 7) is 2.31. The van der Waals surface area contributed by atoms with E-state index >= 15 is 0 Å². The van der Waals surface area contributed by atoms with E-state index in [0.29, 0.717) is 37.4 Å². The minimum absolute atomic E-state index is 0.272. The van der Waals surface area contributed by atoms with Crippen LogP contribution in [0.1, 0.15) is 12.0 Å². The lowest BCUT2D eigenvalue weighted by atomic mass is 10.1. The van der Waals surface area contributed by atoms with E-state index in [-0.39, 0.29) is 10.6 Å². The van der Waals surface area contributed by atoms with Crippen LogP contribution in [0.3, 0.4) is 0 Å². The van der Waals surface area contributed by atoms with Crippen LogP contribution in [0.25, 0.3) is 0 Å². The summed E-state index contributed by atoms with van der Waals surface area (Å²) < 4.78 is 24.0. The van der Waals surface area contributed by atoms with Crippen molar-refractivity contribution in [2.45, 2.75) is 11.3 Å². The molecule has 1 fully saturated rings. The maximum Gasteiger partial charge on any atom is 0.311 e. The third kappa shape index (κ3) is 3.92. The zero-order chi connectivity index (χ0) is 20.3. The number of sulfone groups is 1. The van der Waals surface area contributed by atoms with E-state index in [0.717, 1.165) is 18.4 Å². The number of nitro benzene ring substituents is 1. The van der Waals surface area contributed by atoms with Crippen LogP contribution in [-0.2, 0) is 9.84 Å². The number of para-hydroxylation sites is 2. The van der Waals surface area contributed by atoms with Crippen LogP contribution in [0.5, 0.6) is 0 Å². The molecule has 1 aliphatic rings. The molecule has 0 amide bonds. The molecule has 0 spiro atoms. The Hall–Kier alpha value is -3.12. The molecule has 0 N–H and O–H groups in total. The van der Waals surface area contributed by atoms with Gasteiger partial charge in [0.2, 0.25) is 0 Å². The molecule has 2 aromatic carbocycles. The predicted octanol–water partition coefficient (Wildman–Crippen LogP) is 2.59. The van der Waals surface area contributed by atoms with Crippen LogP contribution < -0.4 is 9.80 Å². The van der Waals surface area contributed by atoms with Crippen molar-refractivity contribution >= 4 is 26.9 Å². The SMILES string of the molecule is CS(=O)(=O)c1cccc(N2CCCN(c3ccccc3C#N)CC2)c1[N+](=O)[O-]. The summed E-state index contributed by atoms with van der Waals surface area (Å²) >= 11 is 0. The van der Waals surface area contributed by atoms with Gasteiger partial charge in [-0.05, 0) is 30.7 Å². The average Bonchev–Trinajstić information content (AvgIpc) is 2.92. The third-order valence-electron chi connectivity index (χ3n) is 4.76. The maximum absolute atomic E-state index is 12.0. The molecule has 146 valence electrons. The zero-order valence-electron chi connectivity index (χ0n) is 15.4. The molecule has 0 radical (unpaired) electrons. The Morgan fingerprint density at radius 2 is 1.61 bits per heavy atom. The largest absolute Gasteiger partial charge is 0.369 e. The van der Waals surface area contributed by atoms with Crippen molar-refractivity contribution < 1.29 is 13.3 Å². The molecule has 3 rings (SSSR count). The van der Waals surface area contributed by atoms with Gasteiger partial charge in [0.05, 0.1) is 16.2 Å². The molecular weight excluding hydrogens is 380 g/mol. The Labute approximate surface area is 163 Å². The fraction of sp³-hybridized carbons (Fsp3) is 0.316. The van der Waals surface area contributed by atoms with Gasteiger partial charge in [-0.1, -0.05) is 18.2 Å². The van der Waals surface area contributed by atoms with Crippen LogP contribution in [0, 0.1) is 21.4 Å². The van der Waals surface area contributed by atoms with Gasteiger partial charge in [0, 0.05) is 32.4 Å². The van der Waals surface area contributed by atoms with Crippen LogP contribution in [0.15, 0.2) is 47.4 Å². The van der Waals surface area contributed by atoms with Gasteiger partial charge in [0.1, 0.15) is 16.7 Å². The minimum Gasteiger partial charge on any atom is -0.369 e. The van der Waals surface area contributed by atoms with Gasteiger partial charge in [-0.3, -0.25) is 10.1 Å². The van der Waals surface area contributed by atoms with Crippen LogP contribution in [0.4, 0.5) is 17.1 Å². The first-order valence-corrected chi connectivity index (χ1v) is 10.7. The second-order valence-corrected chi connectivity index (χ2v) is 8.59. The third-order valence-corrected chi connectivity index (χ3v) is 5.89. The molecule has 1 aliphatic heterocycles. The van der Waals surface area contributed by atoms with Crippen molar-refractivity contribution in [3.8, 4) is 6.07 Å². The minimum atomic E-state index is -3.73. The lowest BCUT2D eigenvalue weighted by molar-refractivity contribution is -0.387. The molecule has 8 nitrogen and oxygen atoms in total. The molecule has 0 saturated carbocycles. The average molecular weight is 400 g/mol. The highest BCUT2D eigenvalue weighted by Gasteiger charge is 2.29. The van der Waals surface area contributed by atoms with Crippen molar-refractivity contribution in [2.75, 3.05) is 42.2 Å². The molecular formula is C19H20N4O4S. The summed E-state index contributed by atoms with van der Waals surface area (Å²) in [7, 11) is -3.73. The normalized spacial score (nSPS) is 15.0. The molecule has 0 atom stereocenters. The van der Waals surface area contributed by atoms with Crippen molar-refractivity contribution in [1.29, 1.82) is 5.26 Å². The van der Waals surface area contributed by atoms with Crippen LogP contribution >= 0.6 is 0 Å². The van der Waals surface area contributed by atoms with Gasteiger partial charge >= 0.3 is 5.69 Å². The first-order chi connectivity index (χ1) is 13.3. The molecule has 9 heteroatoms. The number of nitro groups is 1. The highest BCUT2D eigenvalue weighted by molar-refractivity contribution is 7.90. The Kier molecular flexibility index (Phi) is 5.51. The number of anilines is 2. The topological polar surface area (TPSA) is 108 Å². The zero-order valence-corrected chi connectivity index (χ0v) is 16.2. The molecule has 0 bridgehead atoms. The van der Waals surface area contributed by atoms with Gasteiger partial charge in [-0.25, -0.2) is 8.42 Å². The van der Waals surface area contributed by atoms with E-state index in [4.69, 9.17) is 0 Å². The molecule has 28 heavy (non-hydrogen) atoms. The van der Waals surface area contributed by atoms with Gasteiger partial charge in [-0.2, -0.15) is 5.26 Å². The Morgan fingerprint density at radius 1 is 1.00 bits per heavy atom. The number of benzene rings is 2. The first-order valence-electron chi connectivity index (χ1n) is 8.79. The molecule has 1 heterocycles. The lowest BCUT2D eigenvalue weighted by Crippen LogP contribution is -2.31. The van der Waals surface area contributed by atoms with Crippen LogP contribution in [-0.4, -0.2) is 45.8 Å². The molecule has 0 aliphatic carbocycles. The predicted molar refractivity (Wildman–Crippen MR) is 106 cm³/mol. The number of rotatable bonds is 4. The van der Waals surface area contributed by atoms with E-state index < -0.39 is 14.8 Å². The monoisotopic (exact) mass is 400 g/mol. The Bertz CT molecular complexity index is 1050. The summed E-state index contributed by atoms with van der Waals surface area (Å²) in [6, 6.07) is 13.9. The van der Waals surface area contributed by atoms with Crippen LogP contribution in [0.2, 0.25) is 0 Å². The standard InChI is InChI=1S/C19H20N4O4S/c1-28(26,27)18-9-4-8-17(19(18)23(24)25)22-11-5-10-21(12-13-22)16-7-3-2-6-15(16)14-20/h2-4,6-9H,5,10-13H2,1H3. The highest BCUT2D eigenvalue weighted by Crippen LogP contribution is 2.35. The first kappa shape index (κ1) is 19.6. The molecule has 0 unspecified atom stereocenters. The summed E-state index contributed by atoms with van der Waals surface area (Å²) in [5.74, 6) is 0. The fourth-order valence-corrected chi connectivity index (χ4v) is 4.35. The summed E-state index contributed by atoms with van der Waals surface area (Å²) in [5.41, 5.74) is 1.35. The van der Waals surface area contributed by atoms with Crippen molar-refractivity contribution in [3.05, 3.63) is 58.1 Å². The van der Waals surface area contributed by atoms with Gasteiger partial charge in [0.25, 0.3) is 0 Å². The number of hydrogen-bond donors (Lipinski definition) is 0. The van der Waals surface area contributed by atoms with Crippen molar-refractivity contribution in [2.24, 2.45) is 0 Å². The second-order valence-electron chi connectivity index (χ2n) is 6.61. The molecule has 2 aromatic rings. The van der Waals surface area contributed by atoms with Crippen molar-refractivity contribution in [3.63, 3.8) is 0 Å². The van der Waals surface area contributed by atoms with Gasteiger partial charge < -0.3 is 9.80 Å². The number of nitrogens with zero attached hydrogens (tertiary/aromatic N) is 4. The van der Waals surface area contributed by atoms with E-state index in [1.165, 1.54) is 12.1 Å². The summed E-state index contributed by atoms with van der Waals surface area (Å²) in [4.78, 5) is 14.7. The van der Waals surface area contributed by atoms with E-state index in [1.807, 2.05) is 23.1 Å². The fourth-order valence-electron chi connectivity index (χ4n) is 3.49. The van der Waals surface area contributed by atoms with Gasteiger partial charge in [0.15, 0.2) is 9.84 Å². The van der Waals surface area contributed by atoms with E-state index in [2.05, 4.69) is 11.0 Å².